The molecule has 108 valence electrons. The third-order valence-corrected chi connectivity index (χ3v) is 2.95. The first-order valence-electron chi connectivity index (χ1n) is 6.06. The van der Waals surface area contributed by atoms with Crippen LogP contribution in [-0.2, 0) is 0 Å². The zero-order valence-corrected chi connectivity index (χ0v) is 12.0. The number of hydrazone groups is 1. The second kappa shape index (κ2) is 6.76. The number of aromatic hydroxyl groups is 1. The van der Waals surface area contributed by atoms with E-state index in [-0.39, 0.29) is 11.3 Å². The number of benzene rings is 2. The lowest BCUT2D eigenvalue weighted by atomic mass is 10.2. The van der Waals surface area contributed by atoms with Gasteiger partial charge in [0.15, 0.2) is 0 Å². The van der Waals surface area contributed by atoms with Crippen LogP contribution in [0.4, 0.5) is 0 Å². The number of carbonyl (C=O) groups excluding carboxylic acids is 1. The Balaban J connectivity index is 2.11. The number of amides is 1. The number of phenols is 1. The standard InChI is InChI=1S/C15H13ClN2O3/c1-21-14-7-6-11(16)8-10(14)9-17-18-15(20)12-4-2-3-5-13(12)19/h2-9,19H,1H3,(H,18,20)/b17-9+. The number of nitrogens with one attached hydrogen (secondary N) is 1. The maximum atomic E-state index is 11.8. The second-order valence-electron chi connectivity index (χ2n) is 4.10. The molecule has 0 aliphatic rings. The first-order valence-corrected chi connectivity index (χ1v) is 6.44. The Morgan fingerprint density at radius 3 is 2.81 bits per heavy atom. The van der Waals surface area contributed by atoms with E-state index in [1.165, 1.54) is 25.5 Å². The minimum Gasteiger partial charge on any atom is -0.507 e. The minimum atomic E-state index is -0.509. The van der Waals surface area contributed by atoms with E-state index in [9.17, 15) is 9.90 Å². The van der Waals surface area contributed by atoms with Gasteiger partial charge in [-0.2, -0.15) is 5.10 Å². The molecule has 0 fully saturated rings. The van der Waals surface area contributed by atoms with Gasteiger partial charge < -0.3 is 9.84 Å². The summed E-state index contributed by atoms with van der Waals surface area (Å²) in [4.78, 5) is 11.8. The first-order chi connectivity index (χ1) is 10.1. The molecule has 0 aliphatic carbocycles. The van der Waals surface area contributed by atoms with Crippen molar-refractivity contribution >= 4 is 23.7 Å². The molecule has 0 saturated carbocycles. The smallest absolute Gasteiger partial charge is 0.275 e. The third kappa shape index (κ3) is 3.73. The van der Waals surface area contributed by atoms with Gasteiger partial charge >= 0.3 is 0 Å². The molecule has 0 radical (unpaired) electrons. The van der Waals surface area contributed by atoms with E-state index in [4.69, 9.17) is 16.3 Å². The number of phenolic OH excluding ortho intramolecular Hbond substituents is 1. The molecule has 0 aromatic heterocycles. The van der Waals surface area contributed by atoms with Crippen LogP contribution < -0.4 is 10.2 Å². The van der Waals surface area contributed by atoms with Crippen molar-refractivity contribution in [2.24, 2.45) is 5.10 Å². The largest absolute Gasteiger partial charge is 0.507 e. The van der Waals surface area contributed by atoms with Gasteiger partial charge in [0.05, 0.1) is 18.9 Å². The molecule has 6 heteroatoms. The number of halogens is 1. The summed E-state index contributed by atoms with van der Waals surface area (Å²) in [5.41, 5.74) is 3.10. The fourth-order valence-corrected chi connectivity index (χ4v) is 1.87. The Hall–Kier alpha value is -2.53. The molecule has 2 N–H and O–H groups in total. The van der Waals surface area contributed by atoms with Gasteiger partial charge in [-0.1, -0.05) is 23.7 Å². The SMILES string of the molecule is COc1ccc(Cl)cc1/C=N/NC(=O)c1ccccc1O. The van der Waals surface area contributed by atoms with Crippen molar-refractivity contribution in [1.29, 1.82) is 0 Å². The highest BCUT2D eigenvalue weighted by atomic mass is 35.5. The van der Waals surface area contributed by atoms with Crippen molar-refractivity contribution in [3.63, 3.8) is 0 Å². The Kier molecular flexibility index (Phi) is 4.79. The average molecular weight is 305 g/mol. The van der Waals surface area contributed by atoms with E-state index in [2.05, 4.69) is 10.5 Å². The number of rotatable bonds is 4. The van der Waals surface area contributed by atoms with E-state index < -0.39 is 5.91 Å². The molecule has 0 bridgehead atoms. The first kappa shape index (κ1) is 14.9. The molecule has 2 aromatic carbocycles. The Morgan fingerprint density at radius 1 is 1.33 bits per heavy atom. The van der Waals surface area contributed by atoms with E-state index in [0.717, 1.165) is 0 Å². The highest BCUT2D eigenvalue weighted by molar-refractivity contribution is 6.30. The number of carbonyl (C=O) groups is 1. The summed E-state index contributed by atoms with van der Waals surface area (Å²) < 4.78 is 5.16. The lowest BCUT2D eigenvalue weighted by Gasteiger charge is -2.05. The molecule has 1 amide bonds. The summed E-state index contributed by atoms with van der Waals surface area (Å²) >= 11 is 5.89. The van der Waals surface area contributed by atoms with E-state index >= 15 is 0 Å². The lowest BCUT2D eigenvalue weighted by molar-refractivity contribution is 0.0952. The van der Waals surface area contributed by atoms with E-state index in [1.54, 1.807) is 30.3 Å². The summed E-state index contributed by atoms with van der Waals surface area (Å²) in [7, 11) is 1.53. The molecule has 5 nitrogen and oxygen atoms in total. The maximum absolute atomic E-state index is 11.8. The molecule has 0 spiro atoms. The number of nitrogens with zero attached hydrogens (tertiary/aromatic N) is 1. The molecule has 0 aliphatic heterocycles. The van der Waals surface area contributed by atoms with E-state index in [0.29, 0.717) is 16.3 Å². The zero-order chi connectivity index (χ0) is 15.2. The monoisotopic (exact) mass is 304 g/mol. The molecule has 0 saturated heterocycles. The van der Waals surface area contributed by atoms with Crippen LogP contribution in [0.5, 0.6) is 11.5 Å². The van der Waals surface area contributed by atoms with Crippen LogP contribution in [0, 0.1) is 0 Å². The average Bonchev–Trinajstić information content (AvgIpc) is 2.48. The summed E-state index contributed by atoms with van der Waals surface area (Å²) in [6.07, 6.45) is 1.42. The molecule has 0 heterocycles. The maximum Gasteiger partial charge on any atom is 0.275 e. The van der Waals surface area contributed by atoms with Crippen LogP contribution in [0.2, 0.25) is 5.02 Å². The molecule has 21 heavy (non-hydrogen) atoms. The third-order valence-electron chi connectivity index (χ3n) is 2.71. The second-order valence-corrected chi connectivity index (χ2v) is 4.54. The Morgan fingerprint density at radius 2 is 2.10 bits per heavy atom. The lowest BCUT2D eigenvalue weighted by Crippen LogP contribution is -2.17. The Labute approximate surface area is 126 Å². The van der Waals surface area contributed by atoms with Crippen LogP contribution in [0.1, 0.15) is 15.9 Å². The molecular weight excluding hydrogens is 292 g/mol. The topological polar surface area (TPSA) is 70.9 Å². The number of hydrogen-bond donors (Lipinski definition) is 2. The number of methoxy groups -OCH3 is 1. The van der Waals surface area contributed by atoms with Gasteiger partial charge in [0, 0.05) is 10.6 Å². The van der Waals surface area contributed by atoms with Gasteiger partial charge in [0.2, 0.25) is 0 Å². The summed E-state index contributed by atoms with van der Waals surface area (Å²) in [5, 5.41) is 13.9. The summed E-state index contributed by atoms with van der Waals surface area (Å²) in [6.45, 7) is 0. The normalized spacial score (nSPS) is 10.6. The summed E-state index contributed by atoms with van der Waals surface area (Å²) in [5.74, 6) is -0.0316. The van der Waals surface area contributed by atoms with E-state index in [1.807, 2.05) is 0 Å². The molecule has 0 unspecified atom stereocenters. The van der Waals surface area contributed by atoms with Crippen LogP contribution >= 0.6 is 11.6 Å². The number of ether oxygens (including phenoxy) is 1. The van der Waals surface area contributed by atoms with Crippen molar-refractivity contribution in [2.75, 3.05) is 7.11 Å². The van der Waals surface area contributed by atoms with Gasteiger partial charge in [-0.05, 0) is 30.3 Å². The molecule has 0 atom stereocenters. The molecule has 2 rings (SSSR count). The van der Waals surface area contributed by atoms with Crippen LogP contribution in [0.3, 0.4) is 0 Å². The highest BCUT2D eigenvalue weighted by Crippen LogP contribution is 2.20. The molecule has 2 aromatic rings. The van der Waals surface area contributed by atoms with Crippen molar-refractivity contribution < 1.29 is 14.6 Å². The predicted molar refractivity (Wildman–Crippen MR) is 81.2 cm³/mol. The van der Waals surface area contributed by atoms with Gasteiger partial charge in [0.1, 0.15) is 11.5 Å². The van der Waals surface area contributed by atoms with Crippen LogP contribution in [0.15, 0.2) is 47.6 Å². The van der Waals surface area contributed by atoms with Crippen molar-refractivity contribution in [3.8, 4) is 11.5 Å². The van der Waals surface area contributed by atoms with Gasteiger partial charge in [-0.15, -0.1) is 0 Å². The van der Waals surface area contributed by atoms with Crippen molar-refractivity contribution in [1.82, 2.24) is 5.43 Å². The zero-order valence-electron chi connectivity index (χ0n) is 11.2. The number of para-hydroxylation sites is 1. The highest BCUT2D eigenvalue weighted by Gasteiger charge is 2.08. The fourth-order valence-electron chi connectivity index (χ4n) is 1.69. The van der Waals surface area contributed by atoms with Gasteiger partial charge in [-0.3, -0.25) is 4.79 Å². The predicted octanol–water partition coefficient (Wildman–Crippen LogP) is 2.82. The quantitative estimate of drug-likeness (QED) is 0.674. The van der Waals surface area contributed by atoms with Gasteiger partial charge in [0.25, 0.3) is 5.91 Å². The summed E-state index contributed by atoms with van der Waals surface area (Å²) in [6, 6.07) is 11.3. The fraction of sp³-hybridized carbons (Fsp3) is 0.0667. The minimum absolute atomic E-state index is 0.106. The van der Waals surface area contributed by atoms with Crippen LogP contribution in [0.25, 0.3) is 0 Å². The van der Waals surface area contributed by atoms with Gasteiger partial charge in [-0.25, -0.2) is 5.43 Å². The molecular formula is C15H13ClN2O3. The van der Waals surface area contributed by atoms with Crippen LogP contribution in [-0.4, -0.2) is 24.3 Å². The van der Waals surface area contributed by atoms with Crippen molar-refractivity contribution in [2.45, 2.75) is 0 Å². The van der Waals surface area contributed by atoms with Crippen molar-refractivity contribution in [3.05, 3.63) is 58.6 Å². The Bertz CT molecular complexity index is 686. The number of hydrogen-bond acceptors (Lipinski definition) is 4.